The number of rotatable bonds is 2. The highest BCUT2D eigenvalue weighted by Crippen LogP contribution is 2.61. The average molecular weight is 211 g/mol. The van der Waals surface area contributed by atoms with E-state index < -0.39 is 0 Å². The minimum absolute atomic E-state index is 0.126. The highest BCUT2D eigenvalue weighted by Gasteiger charge is 2.60. The van der Waals surface area contributed by atoms with Gasteiger partial charge in [-0.3, -0.25) is 0 Å². The standard InChI is InChI=1S/C10H17N3S/c1-9(2)6-10(9,11)7-5-12-8(14-7)13(3)4/h5H,6,11H2,1-4H3. The second-order valence-corrected chi connectivity index (χ2v) is 5.94. The summed E-state index contributed by atoms with van der Waals surface area (Å²) in [6.45, 7) is 4.42. The van der Waals surface area contributed by atoms with Crippen molar-refractivity contribution in [2.45, 2.75) is 25.8 Å². The number of anilines is 1. The molecular formula is C10H17N3S. The van der Waals surface area contributed by atoms with Gasteiger partial charge < -0.3 is 10.6 Å². The molecule has 1 aromatic rings. The van der Waals surface area contributed by atoms with E-state index >= 15 is 0 Å². The zero-order valence-corrected chi connectivity index (χ0v) is 9.98. The van der Waals surface area contributed by atoms with Crippen LogP contribution in [0.15, 0.2) is 6.20 Å². The minimum atomic E-state index is -0.126. The van der Waals surface area contributed by atoms with Gasteiger partial charge in [-0.15, -0.1) is 0 Å². The number of nitrogens with two attached hydrogens (primary N) is 1. The van der Waals surface area contributed by atoms with E-state index in [1.54, 1.807) is 11.3 Å². The smallest absolute Gasteiger partial charge is 0.185 e. The molecule has 14 heavy (non-hydrogen) atoms. The molecule has 0 bridgehead atoms. The van der Waals surface area contributed by atoms with E-state index in [2.05, 4.69) is 18.8 Å². The van der Waals surface area contributed by atoms with Crippen LogP contribution in [0, 0.1) is 5.41 Å². The largest absolute Gasteiger partial charge is 0.354 e. The molecule has 0 aliphatic heterocycles. The Morgan fingerprint density at radius 3 is 2.43 bits per heavy atom. The third-order valence-electron chi connectivity index (χ3n) is 3.12. The number of nitrogens with zero attached hydrogens (tertiary/aromatic N) is 2. The van der Waals surface area contributed by atoms with Crippen molar-refractivity contribution in [2.24, 2.45) is 11.1 Å². The van der Waals surface area contributed by atoms with Crippen LogP contribution >= 0.6 is 11.3 Å². The van der Waals surface area contributed by atoms with Gasteiger partial charge in [0, 0.05) is 25.2 Å². The molecule has 78 valence electrons. The summed E-state index contributed by atoms with van der Waals surface area (Å²) in [6, 6.07) is 0. The molecule has 1 fully saturated rings. The maximum absolute atomic E-state index is 6.31. The Balaban J connectivity index is 2.27. The topological polar surface area (TPSA) is 42.2 Å². The zero-order chi connectivity index (χ0) is 10.6. The van der Waals surface area contributed by atoms with Gasteiger partial charge in [-0.25, -0.2) is 4.98 Å². The third kappa shape index (κ3) is 1.25. The van der Waals surface area contributed by atoms with Crippen LogP contribution in [-0.2, 0) is 5.54 Å². The van der Waals surface area contributed by atoms with Crippen LogP contribution in [0.3, 0.4) is 0 Å². The first-order valence-corrected chi connectivity index (χ1v) is 5.61. The maximum Gasteiger partial charge on any atom is 0.185 e. The lowest BCUT2D eigenvalue weighted by molar-refractivity contribution is 0.516. The maximum atomic E-state index is 6.31. The molecule has 0 amide bonds. The number of aromatic nitrogens is 1. The molecule has 0 aromatic carbocycles. The van der Waals surface area contributed by atoms with Gasteiger partial charge in [0.2, 0.25) is 0 Å². The van der Waals surface area contributed by atoms with Gasteiger partial charge in [0.05, 0.1) is 5.54 Å². The van der Waals surface area contributed by atoms with Gasteiger partial charge in [-0.2, -0.15) is 0 Å². The van der Waals surface area contributed by atoms with Gasteiger partial charge in [-0.05, 0) is 11.8 Å². The van der Waals surface area contributed by atoms with Crippen LogP contribution < -0.4 is 10.6 Å². The van der Waals surface area contributed by atoms with Crippen LogP contribution in [0.2, 0.25) is 0 Å². The van der Waals surface area contributed by atoms with E-state index in [1.165, 1.54) is 4.88 Å². The predicted molar refractivity (Wildman–Crippen MR) is 60.7 cm³/mol. The van der Waals surface area contributed by atoms with Crippen molar-refractivity contribution in [3.05, 3.63) is 11.1 Å². The van der Waals surface area contributed by atoms with Gasteiger partial charge in [-0.1, -0.05) is 25.2 Å². The molecule has 1 saturated carbocycles. The summed E-state index contributed by atoms with van der Waals surface area (Å²) >= 11 is 1.70. The monoisotopic (exact) mass is 211 g/mol. The number of hydrogen-bond acceptors (Lipinski definition) is 4. The fourth-order valence-corrected chi connectivity index (χ4v) is 2.87. The molecule has 1 unspecified atom stereocenters. The predicted octanol–water partition coefficient (Wildman–Crippen LogP) is 1.79. The lowest BCUT2D eigenvalue weighted by Crippen LogP contribution is -2.24. The summed E-state index contributed by atoms with van der Waals surface area (Å²) in [5.41, 5.74) is 6.42. The van der Waals surface area contributed by atoms with Gasteiger partial charge in [0.1, 0.15) is 0 Å². The SMILES string of the molecule is CN(C)c1ncc(C2(N)CC2(C)C)s1. The number of hydrogen-bond donors (Lipinski definition) is 1. The Kier molecular flexibility index (Phi) is 1.92. The Morgan fingerprint density at radius 2 is 2.07 bits per heavy atom. The zero-order valence-electron chi connectivity index (χ0n) is 9.16. The van der Waals surface area contributed by atoms with Crippen molar-refractivity contribution in [3.63, 3.8) is 0 Å². The van der Waals surface area contributed by atoms with Crippen molar-refractivity contribution in [3.8, 4) is 0 Å². The van der Waals surface area contributed by atoms with E-state index in [4.69, 9.17) is 5.73 Å². The lowest BCUT2D eigenvalue weighted by Gasteiger charge is -2.12. The highest BCUT2D eigenvalue weighted by atomic mass is 32.1. The molecule has 1 aromatic heterocycles. The van der Waals surface area contributed by atoms with Crippen LogP contribution in [0.5, 0.6) is 0 Å². The molecule has 1 aliphatic carbocycles. The molecule has 0 saturated heterocycles. The molecule has 1 atom stereocenters. The summed E-state index contributed by atoms with van der Waals surface area (Å²) in [5.74, 6) is 0. The molecule has 3 nitrogen and oxygen atoms in total. The minimum Gasteiger partial charge on any atom is -0.354 e. The highest BCUT2D eigenvalue weighted by molar-refractivity contribution is 7.15. The molecular weight excluding hydrogens is 194 g/mol. The summed E-state index contributed by atoms with van der Waals surface area (Å²) < 4.78 is 0. The molecule has 0 spiro atoms. The number of thiazole rings is 1. The Labute approximate surface area is 88.9 Å². The fraction of sp³-hybridized carbons (Fsp3) is 0.700. The van der Waals surface area contributed by atoms with Crippen LogP contribution in [0.4, 0.5) is 5.13 Å². The molecule has 2 N–H and O–H groups in total. The first kappa shape index (κ1) is 9.93. The molecule has 4 heteroatoms. The van der Waals surface area contributed by atoms with Crippen LogP contribution in [-0.4, -0.2) is 19.1 Å². The van der Waals surface area contributed by atoms with E-state index in [9.17, 15) is 0 Å². The molecule has 1 aliphatic rings. The van der Waals surface area contributed by atoms with E-state index in [-0.39, 0.29) is 11.0 Å². The second-order valence-electron chi connectivity index (χ2n) is 4.93. The summed E-state index contributed by atoms with van der Waals surface area (Å²) in [5, 5.41) is 1.03. The fourth-order valence-electron chi connectivity index (χ4n) is 1.75. The molecule has 2 rings (SSSR count). The van der Waals surface area contributed by atoms with E-state index in [0.29, 0.717) is 0 Å². The van der Waals surface area contributed by atoms with E-state index in [1.807, 2.05) is 25.2 Å². The van der Waals surface area contributed by atoms with Crippen molar-refractivity contribution in [1.82, 2.24) is 4.98 Å². The first-order chi connectivity index (χ1) is 6.37. The summed E-state index contributed by atoms with van der Waals surface area (Å²) in [7, 11) is 4.01. The van der Waals surface area contributed by atoms with E-state index in [0.717, 1.165) is 11.6 Å². The Bertz CT molecular complexity index is 356. The van der Waals surface area contributed by atoms with Gasteiger partial charge >= 0.3 is 0 Å². The van der Waals surface area contributed by atoms with Crippen molar-refractivity contribution in [2.75, 3.05) is 19.0 Å². The van der Waals surface area contributed by atoms with Gasteiger partial charge in [0.25, 0.3) is 0 Å². The van der Waals surface area contributed by atoms with Crippen molar-refractivity contribution in [1.29, 1.82) is 0 Å². The quantitative estimate of drug-likeness (QED) is 0.811. The third-order valence-corrected chi connectivity index (χ3v) is 4.46. The summed E-state index contributed by atoms with van der Waals surface area (Å²) in [6.07, 6.45) is 2.99. The lowest BCUT2D eigenvalue weighted by atomic mass is 10.1. The average Bonchev–Trinajstić information content (AvgIpc) is 2.53. The normalized spacial score (nSPS) is 28.9. The van der Waals surface area contributed by atoms with Gasteiger partial charge in [0.15, 0.2) is 5.13 Å². The van der Waals surface area contributed by atoms with Crippen LogP contribution in [0.25, 0.3) is 0 Å². The molecule has 1 heterocycles. The Morgan fingerprint density at radius 1 is 1.50 bits per heavy atom. The Hall–Kier alpha value is -0.610. The second kappa shape index (κ2) is 2.70. The first-order valence-electron chi connectivity index (χ1n) is 4.79. The summed E-state index contributed by atoms with van der Waals surface area (Å²) in [4.78, 5) is 7.59. The van der Waals surface area contributed by atoms with Crippen LogP contribution in [0.1, 0.15) is 25.1 Å². The van der Waals surface area contributed by atoms with Crippen molar-refractivity contribution >= 4 is 16.5 Å². The molecule has 0 radical (unpaired) electrons. The van der Waals surface area contributed by atoms with Crippen molar-refractivity contribution < 1.29 is 0 Å².